The normalized spacial score (nSPS) is 10.7. The summed E-state index contributed by atoms with van der Waals surface area (Å²) in [6, 6.07) is 18.1. The molecule has 0 unspecified atom stereocenters. The van der Waals surface area contributed by atoms with E-state index >= 15 is 0 Å². The van der Waals surface area contributed by atoms with Crippen LogP contribution < -0.4 is 4.74 Å². The first-order valence-electron chi connectivity index (χ1n) is 8.22. The van der Waals surface area contributed by atoms with Gasteiger partial charge in [0.15, 0.2) is 4.77 Å². The second kappa shape index (κ2) is 7.93. The maximum atomic E-state index is 5.93. The first kappa shape index (κ1) is 16.5. The summed E-state index contributed by atoms with van der Waals surface area (Å²) in [5.74, 6) is 1.79. The summed E-state index contributed by atoms with van der Waals surface area (Å²) in [6.45, 7) is 2.89. The van der Waals surface area contributed by atoms with Crippen LogP contribution in [-0.2, 0) is 6.42 Å². The van der Waals surface area contributed by atoms with Gasteiger partial charge in [-0.05, 0) is 36.8 Å². The van der Waals surface area contributed by atoms with Gasteiger partial charge in [-0.3, -0.25) is 9.67 Å². The first-order valence-corrected chi connectivity index (χ1v) is 8.63. The van der Waals surface area contributed by atoms with Gasteiger partial charge in [-0.15, -0.1) is 0 Å². The summed E-state index contributed by atoms with van der Waals surface area (Å²) in [5.41, 5.74) is 2.12. The highest BCUT2D eigenvalue weighted by Gasteiger charge is 2.12. The largest absolute Gasteiger partial charge is 0.493 e. The summed E-state index contributed by atoms with van der Waals surface area (Å²) < 4.78 is 8.50. The van der Waals surface area contributed by atoms with E-state index in [-0.39, 0.29) is 0 Å². The Bertz CT molecular complexity index is 839. The number of H-pyrrole nitrogens is 1. The average Bonchev–Trinajstić information content (AvgIpc) is 2.98. The van der Waals surface area contributed by atoms with Crippen molar-refractivity contribution in [2.75, 3.05) is 6.61 Å². The van der Waals surface area contributed by atoms with Gasteiger partial charge in [0, 0.05) is 17.7 Å². The SMILES string of the molecule is CCCCOc1ccccc1Cc1n[nH]c(=S)n1-c1ccccc1. The van der Waals surface area contributed by atoms with Crippen molar-refractivity contribution in [3.8, 4) is 11.4 Å². The molecule has 124 valence electrons. The Morgan fingerprint density at radius 2 is 1.83 bits per heavy atom. The number of ether oxygens (including phenoxy) is 1. The minimum Gasteiger partial charge on any atom is -0.493 e. The molecule has 0 aliphatic carbocycles. The van der Waals surface area contributed by atoms with Crippen molar-refractivity contribution in [1.29, 1.82) is 0 Å². The number of hydrogen-bond donors (Lipinski definition) is 1. The number of unbranched alkanes of at least 4 members (excludes halogenated alkanes) is 1. The lowest BCUT2D eigenvalue weighted by atomic mass is 10.1. The topological polar surface area (TPSA) is 42.8 Å². The summed E-state index contributed by atoms with van der Waals surface area (Å²) >= 11 is 5.40. The number of nitrogens with zero attached hydrogens (tertiary/aromatic N) is 2. The molecule has 2 aromatic carbocycles. The zero-order valence-corrected chi connectivity index (χ0v) is 14.6. The molecule has 1 N–H and O–H groups in total. The van der Waals surface area contributed by atoms with Crippen molar-refractivity contribution in [2.45, 2.75) is 26.2 Å². The van der Waals surface area contributed by atoms with Crippen molar-refractivity contribution in [1.82, 2.24) is 14.8 Å². The Kier molecular flexibility index (Phi) is 5.43. The molecule has 0 atom stereocenters. The van der Waals surface area contributed by atoms with Gasteiger partial charge in [-0.2, -0.15) is 5.10 Å². The van der Waals surface area contributed by atoms with Crippen molar-refractivity contribution in [3.63, 3.8) is 0 Å². The molecule has 1 heterocycles. The molecule has 5 heteroatoms. The number of rotatable bonds is 7. The van der Waals surface area contributed by atoms with E-state index in [0.717, 1.165) is 42.3 Å². The monoisotopic (exact) mass is 339 g/mol. The Morgan fingerprint density at radius 3 is 2.62 bits per heavy atom. The van der Waals surface area contributed by atoms with Crippen molar-refractivity contribution >= 4 is 12.2 Å². The summed E-state index contributed by atoms with van der Waals surface area (Å²) in [4.78, 5) is 0. The van der Waals surface area contributed by atoms with Gasteiger partial charge in [0.05, 0.1) is 6.61 Å². The fourth-order valence-corrected chi connectivity index (χ4v) is 2.84. The minimum absolute atomic E-state index is 0.598. The molecule has 1 aromatic heterocycles. The van der Waals surface area contributed by atoms with Crippen LogP contribution >= 0.6 is 12.2 Å². The van der Waals surface area contributed by atoms with Crippen LogP contribution in [0.3, 0.4) is 0 Å². The van der Waals surface area contributed by atoms with E-state index in [9.17, 15) is 0 Å². The van der Waals surface area contributed by atoms with Crippen molar-refractivity contribution in [2.24, 2.45) is 0 Å². The highest BCUT2D eigenvalue weighted by Crippen LogP contribution is 2.22. The lowest BCUT2D eigenvalue weighted by Gasteiger charge is -2.12. The van der Waals surface area contributed by atoms with Crippen LogP contribution in [0, 0.1) is 4.77 Å². The lowest BCUT2D eigenvalue weighted by molar-refractivity contribution is 0.306. The van der Waals surface area contributed by atoms with E-state index in [0.29, 0.717) is 11.2 Å². The van der Waals surface area contributed by atoms with Crippen LogP contribution in [0.2, 0.25) is 0 Å². The van der Waals surface area contributed by atoms with Gasteiger partial charge in [-0.25, -0.2) is 0 Å². The predicted octanol–water partition coefficient (Wildman–Crippen LogP) is 4.70. The fourth-order valence-electron chi connectivity index (χ4n) is 2.58. The third-order valence-corrected chi connectivity index (χ3v) is 4.11. The number of para-hydroxylation sites is 2. The summed E-state index contributed by atoms with van der Waals surface area (Å²) in [7, 11) is 0. The van der Waals surface area contributed by atoms with Gasteiger partial charge in [0.2, 0.25) is 0 Å². The van der Waals surface area contributed by atoms with Crippen LogP contribution in [0.1, 0.15) is 31.2 Å². The third kappa shape index (κ3) is 3.74. The number of aromatic nitrogens is 3. The molecule has 3 rings (SSSR count). The highest BCUT2D eigenvalue weighted by molar-refractivity contribution is 7.71. The molecule has 0 amide bonds. The predicted molar refractivity (Wildman–Crippen MR) is 98.4 cm³/mol. The van der Waals surface area contributed by atoms with Crippen LogP contribution in [0.4, 0.5) is 0 Å². The van der Waals surface area contributed by atoms with E-state index in [2.05, 4.69) is 23.2 Å². The van der Waals surface area contributed by atoms with Crippen LogP contribution in [-0.4, -0.2) is 21.4 Å². The van der Waals surface area contributed by atoms with E-state index in [4.69, 9.17) is 17.0 Å². The number of benzene rings is 2. The Hall–Kier alpha value is -2.40. The van der Waals surface area contributed by atoms with Crippen molar-refractivity contribution in [3.05, 3.63) is 70.8 Å². The Morgan fingerprint density at radius 1 is 1.08 bits per heavy atom. The molecule has 24 heavy (non-hydrogen) atoms. The molecular weight excluding hydrogens is 318 g/mol. The molecule has 0 fully saturated rings. The van der Waals surface area contributed by atoms with E-state index in [1.165, 1.54) is 0 Å². The summed E-state index contributed by atoms with van der Waals surface area (Å²) in [5, 5.41) is 7.32. The smallest absolute Gasteiger partial charge is 0.199 e. The van der Waals surface area contributed by atoms with Crippen molar-refractivity contribution < 1.29 is 4.74 Å². The molecule has 0 bridgehead atoms. The number of nitrogens with one attached hydrogen (secondary N) is 1. The highest BCUT2D eigenvalue weighted by atomic mass is 32.1. The number of hydrogen-bond acceptors (Lipinski definition) is 3. The second-order valence-electron chi connectivity index (χ2n) is 5.60. The molecule has 0 radical (unpaired) electrons. The Balaban J connectivity index is 1.89. The van der Waals surface area contributed by atoms with E-state index in [1.807, 2.05) is 53.1 Å². The van der Waals surface area contributed by atoms with Crippen LogP contribution in [0.5, 0.6) is 5.75 Å². The average molecular weight is 339 g/mol. The van der Waals surface area contributed by atoms with E-state index < -0.39 is 0 Å². The van der Waals surface area contributed by atoms with Gasteiger partial charge in [0.1, 0.15) is 11.6 Å². The van der Waals surface area contributed by atoms with Gasteiger partial charge in [0.25, 0.3) is 0 Å². The summed E-state index contributed by atoms with van der Waals surface area (Å²) in [6.07, 6.45) is 2.83. The van der Waals surface area contributed by atoms with Gasteiger partial charge >= 0.3 is 0 Å². The standard InChI is InChI=1S/C19H21N3OS/c1-2-3-13-23-17-12-8-7-9-15(17)14-18-20-21-19(24)22(18)16-10-5-4-6-11-16/h4-12H,2-3,13-14H2,1H3,(H,21,24). The zero-order valence-electron chi connectivity index (χ0n) is 13.7. The quantitative estimate of drug-likeness (QED) is 0.501. The molecular formula is C19H21N3OS. The van der Waals surface area contributed by atoms with E-state index in [1.54, 1.807) is 0 Å². The van der Waals surface area contributed by atoms with Crippen LogP contribution in [0.15, 0.2) is 54.6 Å². The molecule has 4 nitrogen and oxygen atoms in total. The molecule has 0 spiro atoms. The first-order chi connectivity index (χ1) is 11.8. The molecule has 0 saturated heterocycles. The fraction of sp³-hybridized carbons (Fsp3) is 0.263. The van der Waals surface area contributed by atoms with Gasteiger partial charge in [-0.1, -0.05) is 49.7 Å². The van der Waals surface area contributed by atoms with Crippen LogP contribution in [0.25, 0.3) is 5.69 Å². The molecule has 0 aliphatic rings. The minimum atomic E-state index is 0.598. The second-order valence-corrected chi connectivity index (χ2v) is 5.99. The molecule has 3 aromatic rings. The maximum Gasteiger partial charge on any atom is 0.199 e. The van der Waals surface area contributed by atoms with Gasteiger partial charge < -0.3 is 4.74 Å². The Labute approximate surface area is 147 Å². The third-order valence-electron chi connectivity index (χ3n) is 3.83. The maximum absolute atomic E-state index is 5.93. The molecule has 0 saturated carbocycles. The molecule has 0 aliphatic heterocycles. The lowest BCUT2D eigenvalue weighted by Crippen LogP contribution is -2.05. The zero-order chi connectivity index (χ0) is 16.8. The number of aromatic amines is 1.